The van der Waals surface area contributed by atoms with Gasteiger partial charge in [0.25, 0.3) is 0 Å². The van der Waals surface area contributed by atoms with E-state index in [4.69, 9.17) is 0 Å². The van der Waals surface area contributed by atoms with Crippen LogP contribution in [0.25, 0.3) is 0 Å². The lowest BCUT2D eigenvalue weighted by Gasteiger charge is -1.79. The van der Waals surface area contributed by atoms with Crippen molar-refractivity contribution in [1.82, 2.24) is 0 Å². The molecule has 0 heterocycles. The van der Waals surface area contributed by atoms with Gasteiger partial charge in [0.2, 0.25) is 0 Å². The van der Waals surface area contributed by atoms with Crippen LogP contribution < -0.4 is 0 Å². The summed E-state index contributed by atoms with van der Waals surface area (Å²) in [4.78, 5) is 0. The number of benzene rings is 1. The van der Waals surface area contributed by atoms with E-state index in [1.165, 1.54) is 0 Å². The predicted molar refractivity (Wildman–Crippen MR) is 54.0 cm³/mol. The van der Waals surface area contributed by atoms with Gasteiger partial charge < -0.3 is 0 Å². The van der Waals surface area contributed by atoms with E-state index in [1.807, 2.05) is 36.4 Å². The van der Waals surface area contributed by atoms with Gasteiger partial charge in [-0.3, -0.25) is 4.39 Å². The normalized spacial score (nSPS) is 7.50. The summed E-state index contributed by atoms with van der Waals surface area (Å²) in [5, 5.41) is 0. The molecule has 0 amide bonds. The van der Waals surface area contributed by atoms with Gasteiger partial charge >= 0.3 is 0 Å². The third-order valence-corrected chi connectivity index (χ3v) is 0.667. The fourth-order valence-corrected chi connectivity index (χ4v) is 0.385. The molecule has 70 valence electrons. The Morgan fingerprint density at radius 3 is 0.833 bits per heavy atom. The van der Waals surface area contributed by atoms with Crippen molar-refractivity contribution in [2.45, 2.75) is 20.8 Å². The van der Waals surface area contributed by atoms with Crippen LogP contribution in [0.4, 0.5) is 4.39 Å². The Balaban J connectivity index is 0. The molecule has 0 aliphatic rings. The van der Waals surface area contributed by atoms with Crippen LogP contribution in [0.15, 0.2) is 36.4 Å². The number of alkyl halides is 1. The Hall–Kier alpha value is -0.850. The van der Waals surface area contributed by atoms with Crippen LogP contribution in [-0.4, -0.2) is 7.18 Å². The second kappa shape index (κ2) is 12.8. The second-order valence-electron chi connectivity index (χ2n) is 2.89. The largest absolute Gasteiger partial charge is 0.255 e. The number of halogens is 1. The first-order valence-corrected chi connectivity index (χ1v) is 4.11. The summed E-state index contributed by atoms with van der Waals surface area (Å²) in [6.45, 7) is 6.50. The molecule has 0 spiro atoms. The van der Waals surface area contributed by atoms with Crippen molar-refractivity contribution in [3.63, 3.8) is 0 Å². The Labute approximate surface area is 75.4 Å². The van der Waals surface area contributed by atoms with Crippen LogP contribution in [0, 0.1) is 5.92 Å². The van der Waals surface area contributed by atoms with Crippen molar-refractivity contribution < 1.29 is 4.39 Å². The minimum atomic E-state index is 0.500. The van der Waals surface area contributed by atoms with Gasteiger partial charge in [0.05, 0.1) is 7.18 Å². The van der Waals surface area contributed by atoms with Crippen LogP contribution in [0.1, 0.15) is 20.8 Å². The molecule has 0 unspecified atom stereocenters. The molecule has 0 saturated carbocycles. The quantitative estimate of drug-likeness (QED) is 0.553. The third kappa shape index (κ3) is 22.9. The molecule has 0 nitrogen and oxygen atoms in total. The van der Waals surface area contributed by atoms with Crippen molar-refractivity contribution in [1.29, 1.82) is 0 Å². The minimum Gasteiger partial charge on any atom is -0.255 e. The highest BCUT2D eigenvalue weighted by Crippen LogP contribution is 1.81. The molecule has 1 rings (SSSR count). The van der Waals surface area contributed by atoms with Crippen LogP contribution >= 0.6 is 0 Å². The Kier molecular flexibility index (Phi) is 14.6. The summed E-state index contributed by atoms with van der Waals surface area (Å²) in [5.74, 6) is 0.833. The molecule has 1 aromatic carbocycles. The molecule has 0 bridgehead atoms. The van der Waals surface area contributed by atoms with Crippen molar-refractivity contribution in [2.75, 3.05) is 7.18 Å². The summed E-state index contributed by atoms with van der Waals surface area (Å²) in [6.07, 6.45) is 0. The van der Waals surface area contributed by atoms with E-state index < -0.39 is 0 Å². The molecule has 0 aliphatic heterocycles. The van der Waals surface area contributed by atoms with Gasteiger partial charge in [0, 0.05) is 0 Å². The average molecular weight is 170 g/mol. The zero-order valence-electron chi connectivity index (χ0n) is 8.42. The summed E-state index contributed by atoms with van der Waals surface area (Å²) < 4.78 is 9.50. The Morgan fingerprint density at radius 1 is 0.667 bits per heavy atom. The first-order chi connectivity index (χ1) is 5.73. The molecular formula is C11H19F. The molecule has 0 aliphatic carbocycles. The molecule has 0 aromatic heterocycles. The zero-order chi connectivity index (χ0) is 9.82. The van der Waals surface area contributed by atoms with Crippen molar-refractivity contribution in [2.24, 2.45) is 5.92 Å². The Morgan fingerprint density at radius 2 is 0.750 bits per heavy atom. The van der Waals surface area contributed by atoms with Gasteiger partial charge in [0.1, 0.15) is 0 Å². The minimum absolute atomic E-state index is 0.500. The van der Waals surface area contributed by atoms with Gasteiger partial charge in [0.15, 0.2) is 0 Å². The van der Waals surface area contributed by atoms with E-state index in [9.17, 15) is 4.39 Å². The maximum absolute atomic E-state index is 9.50. The molecule has 0 saturated heterocycles. The lowest BCUT2D eigenvalue weighted by atomic mass is 10.3. The maximum Gasteiger partial charge on any atom is 0.0785 e. The summed E-state index contributed by atoms with van der Waals surface area (Å²) in [6, 6.07) is 12.0. The topological polar surface area (TPSA) is 0 Å². The first-order valence-electron chi connectivity index (χ1n) is 4.11. The predicted octanol–water partition coefficient (Wildman–Crippen LogP) is 3.93. The molecule has 1 heteroatoms. The van der Waals surface area contributed by atoms with Crippen LogP contribution in [0.2, 0.25) is 0 Å². The number of hydrogen-bond acceptors (Lipinski definition) is 0. The molecule has 0 atom stereocenters. The average Bonchev–Trinajstić information content (AvgIpc) is 2.10. The maximum atomic E-state index is 9.50. The van der Waals surface area contributed by atoms with E-state index in [2.05, 4.69) is 20.8 Å². The molecule has 0 N–H and O–H groups in total. The Bertz CT molecular complexity index is 105. The van der Waals surface area contributed by atoms with Crippen molar-refractivity contribution in [3.05, 3.63) is 36.4 Å². The van der Waals surface area contributed by atoms with Crippen molar-refractivity contribution in [3.8, 4) is 0 Å². The van der Waals surface area contributed by atoms with E-state index >= 15 is 0 Å². The highest BCUT2D eigenvalue weighted by molar-refractivity contribution is 4.99. The summed E-state index contributed by atoms with van der Waals surface area (Å²) in [7, 11) is 0.500. The zero-order valence-corrected chi connectivity index (χ0v) is 8.42. The number of hydrogen-bond donors (Lipinski definition) is 0. The highest BCUT2D eigenvalue weighted by Gasteiger charge is 1.68. The SMILES string of the molecule is CC(C)C.CF.c1ccccc1. The van der Waals surface area contributed by atoms with E-state index in [0.29, 0.717) is 7.18 Å². The highest BCUT2D eigenvalue weighted by atomic mass is 19.1. The van der Waals surface area contributed by atoms with Gasteiger partial charge in [-0.1, -0.05) is 57.2 Å². The molecule has 0 fully saturated rings. The lowest BCUT2D eigenvalue weighted by Crippen LogP contribution is -1.66. The molecule has 12 heavy (non-hydrogen) atoms. The molecule has 0 radical (unpaired) electrons. The molecular weight excluding hydrogens is 151 g/mol. The summed E-state index contributed by atoms with van der Waals surface area (Å²) >= 11 is 0. The van der Waals surface area contributed by atoms with Crippen LogP contribution in [0.5, 0.6) is 0 Å². The standard InChI is InChI=1S/C6H6.C4H10.CH3F/c1-2-4-6-5-3-1;1-4(2)3;1-2/h1-6H;4H,1-3H3;1H3. The van der Waals surface area contributed by atoms with E-state index in [-0.39, 0.29) is 0 Å². The fraction of sp³-hybridized carbons (Fsp3) is 0.455. The van der Waals surface area contributed by atoms with E-state index in [0.717, 1.165) is 5.92 Å². The molecule has 1 aromatic rings. The fourth-order valence-electron chi connectivity index (χ4n) is 0.385. The smallest absolute Gasteiger partial charge is 0.0785 e. The van der Waals surface area contributed by atoms with Gasteiger partial charge in [-0.05, 0) is 5.92 Å². The van der Waals surface area contributed by atoms with Crippen LogP contribution in [-0.2, 0) is 0 Å². The third-order valence-electron chi connectivity index (χ3n) is 0.667. The van der Waals surface area contributed by atoms with Gasteiger partial charge in [-0.15, -0.1) is 0 Å². The summed E-state index contributed by atoms with van der Waals surface area (Å²) in [5.41, 5.74) is 0. The first kappa shape index (κ1) is 13.7. The monoisotopic (exact) mass is 170 g/mol. The second-order valence-corrected chi connectivity index (χ2v) is 2.89. The van der Waals surface area contributed by atoms with Crippen LogP contribution in [0.3, 0.4) is 0 Å². The lowest BCUT2D eigenvalue weighted by molar-refractivity contribution is 0.636. The van der Waals surface area contributed by atoms with E-state index in [1.54, 1.807) is 0 Å². The van der Waals surface area contributed by atoms with Gasteiger partial charge in [-0.2, -0.15) is 0 Å². The number of rotatable bonds is 0. The van der Waals surface area contributed by atoms with Crippen molar-refractivity contribution >= 4 is 0 Å². The van der Waals surface area contributed by atoms with Gasteiger partial charge in [-0.25, -0.2) is 0 Å².